The zero-order chi connectivity index (χ0) is 18.3. The number of aliphatic hydroxyl groups is 1. The number of hydrogen-bond acceptors (Lipinski definition) is 1. The van der Waals surface area contributed by atoms with Gasteiger partial charge in [0.25, 0.3) is 0 Å². The van der Waals surface area contributed by atoms with Gasteiger partial charge in [0.1, 0.15) is 0 Å². The largest absolute Gasteiger partial charge is 0.393 e. The van der Waals surface area contributed by atoms with Gasteiger partial charge in [0, 0.05) is 0 Å². The molecule has 0 aromatic rings. The Bertz CT molecular complexity index is 471. The summed E-state index contributed by atoms with van der Waals surface area (Å²) in [4.78, 5) is 0. The molecule has 6 unspecified atom stereocenters. The van der Waals surface area contributed by atoms with Crippen molar-refractivity contribution in [3.63, 3.8) is 0 Å². The fraction of sp³-hybridized carbons (Fsp3) is 1.00. The molecule has 0 bridgehead atoms. The number of hydrogen-bond donors (Lipinski definition) is 1. The highest BCUT2D eigenvalue weighted by atomic mass is 16.3. The van der Waals surface area contributed by atoms with Crippen LogP contribution in [-0.4, -0.2) is 11.2 Å². The summed E-state index contributed by atoms with van der Waals surface area (Å²) < 4.78 is 0. The third kappa shape index (κ3) is 3.51. The van der Waals surface area contributed by atoms with Crippen molar-refractivity contribution >= 4 is 0 Å². The van der Waals surface area contributed by atoms with Crippen LogP contribution in [-0.2, 0) is 0 Å². The van der Waals surface area contributed by atoms with E-state index in [2.05, 4.69) is 20.8 Å². The average Bonchev–Trinajstić information content (AvgIpc) is 2.94. The lowest BCUT2D eigenvalue weighted by atomic mass is 9.49. The zero-order valence-electron chi connectivity index (χ0n) is 17.8. The van der Waals surface area contributed by atoms with Crippen molar-refractivity contribution in [2.24, 2.45) is 46.8 Å². The minimum absolute atomic E-state index is 0.0170. The first-order valence-electron chi connectivity index (χ1n) is 12.2. The maximum atomic E-state index is 10.1. The second-order valence-electron chi connectivity index (χ2n) is 11.4. The third-order valence-corrected chi connectivity index (χ3v) is 9.71. The Morgan fingerprint density at radius 1 is 0.885 bits per heavy atom. The first kappa shape index (κ1) is 19.3. The Morgan fingerprint density at radius 3 is 2.50 bits per heavy atom. The Hall–Kier alpha value is -0.0400. The molecule has 4 rings (SSSR count). The van der Waals surface area contributed by atoms with Crippen molar-refractivity contribution in [2.45, 2.75) is 110 Å². The molecule has 0 aliphatic heterocycles. The van der Waals surface area contributed by atoms with Gasteiger partial charge in [0.05, 0.1) is 6.10 Å². The molecule has 1 N–H and O–H groups in total. The summed E-state index contributed by atoms with van der Waals surface area (Å²) in [6, 6.07) is 0. The normalized spacial score (nSPS) is 48.1. The molecule has 0 heterocycles. The van der Waals surface area contributed by atoms with Crippen molar-refractivity contribution in [3.8, 4) is 0 Å². The average molecular weight is 361 g/mol. The van der Waals surface area contributed by atoms with Gasteiger partial charge in [-0.2, -0.15) is 0 Å². The molecule has 150 valence electrons. The molecule has 0 spiro atoms. The third-order valence-electron chi connectivity index (χ3n) is 9.71. The van der Waals surface area contributed by atoms with Crippen LogP contribution in [0.15, 0.2) is 0 Å². The highest BCUT2D eigenvalue weighted by molar-refractivity contribution is 5.05. The predicted molar refractivity (Wildman–Crippen MR) is 110 cm³/mol. The van der Waals surface area contributed by atoms with Gasteiger partial charge in [0.15, 0.2) is 0 Å². The summed E-state index contributed by atoms with van der Waals surface area (Å²) in [7, 11) is 0. The van der Waals surface area contributed by atoms with Crippen LogP contribution in [0.1, 0.15) is 104 Å². The molecule has 4 aliphatic carbocycles. The van der Waals surface area contributed by atoms with E-state index in [9.17, 15) is 5.11 Å². The van der Waals surface area contributed by atoms with Crippen LogP contribution < -0.4 is 0 Å². The molecular weight excluding hydrogens is 316 g/mol. The van der Waals surface area contributed by atoms with Crippen molar-refractivity contribution in [1.29, 1.82) is 0 Å². The highest BCUT2D eigenvalue weighted by Gasteiger charge is 2.56. The van der Waals surface area contributed by atoms with Crippen LogP contribution in [0.3, 0.4) is 0 Å². The Kier molecular flexibility index (Phi) is 5.76. The minimum Gasteiger partial charge on any atom is -0.393 e. The Labute approximate surface area is 162 Å². The fourth-order valence-electron chi connectivity index (χ4n) is 8.35. The number of unbranched alkanes of at least 4 members (excludes halogenated alkanes) is 1. The van der Waals surface area contributed by atoms with Crippen LogP contribution in [0.25, 0.3) is 0 Å². The van der Waals surface area contributed by atoms with Crippen molar-refractivity contribution in [2.75, 3.05) is 0 Å². The summed E-state index contributed by atoms with van der Waals surface area (Å²) in [6.07, 6.45) is 18.4. The van der Waals surface area contributed by atoms with Crippen molar-refractivity contribution in [1.82, 2.24) is 0 Å². The predicted octanol–water partition coefficient (Wildman–Crippen LogP) is 6.83. The Balaban J connectivity index is 1.38. The molecule has 8 atom stereocenters. The zero-order valence-corrected chi connectivity index (χ0v) is 17.8. The van der Waals surface area contributed by atoms with Crippen LogP contribution >= 0.6 is 0 Å². The molecule has 1 heteroatoms. The molecule has 4 fully saturated rings. The van der Waals surface area contributed by atoms with Gasteiger partial charge in [-0.1, -0.05) is 40.0 Å². The number of rotatable bonds is 5. The van der Waals surface area contributed by atoms with Gasteiger partial charge >= 0.3 is 0 Å². The van der Waals surface area contributed by atoms with Gasteiger partial charge in [0.2, 0.25) is 0 Å². The van der Waals surface area contributed by atoms with Crippen LogP contribution in [0.2, 0.25) is 0 Å². The number of fused-ring (bicyclic) bond motifs is 5. The summed E-state index contributed by atoms with van der Waals surface area (Å²) in [5, 5.41) is 10.1. The summed E-state index contributed by atoms with van der Waals surface area (Å²) in [6.45, 7) is 7.44. The monoisotopic (exact) mass is 360 g/mol. The van der Waals surface area contributed by atoms with Gasteiger partial charge in [-0.3, -0.25) is 0 Å². The Morgan fingerprint density at radius 2 is 1.69 bits per heavy atom. The molecule has 0 aromatic heterocycles. The van der Waals surface area contributed by atoms with Gasteiger partial charge in [-0.15, -0.1) is 0 Å². The molecule has 1 nitrogen and oxygen atoms in total. The van der Waals surface area contributed by atoms with Crippen LogP contribution in [0.5, 0.6) is 0 Å². The second-order valence-corrected chi connectivity index (χ2v) is 11.4. The van der Waals surface area contributed by atoms with Crippen LogP contribution in [0.4, 0.5) is 0 Å². The van der Waals surface area contributed by atoms with Gasteiger partial charge < -0.3 is 5.11 Å². The standard InChI is InChI=1S/C25H44O/c1-17(2)6-4-5-7-19-9-13-24-23-11-8-18-16-20(26)10-12-21(18)22(23)14-15-25(19,24)3/h17-24,26H,4-16H2,1-3H3/t18?,19-,20-,21?,22?,23?,24?,25?/m0/s1. The fourth-order valence-corrected chi connectivity index (χ4v) is 8.35. The lowest BCUT2D eigenvalue weighted by molar-refractivity contribution is -0.0778. The maximum Gasteiger partial charge on any atom is 0.0543 e. The summed E-state index contributed by atoms with van der Waals surface area (Å²) in [5.74, 6) is 6.80. The SMILES string of the molecule is CC(C)CCCC[C@H]1CCC2C3CCC4C[C@@H](O)CCC4C3CCC21C. The number of aliphatic hydroxyl groups excluding tert-OH is 1. The lowest BCUT2D eigenvalue weighted by Crippen LogP contribution is -2.49. The summed E-state index contributed by atoms with van der Waals surface area (Å²) in [5.41, 5.74) is 0.667. The van der Waals surface area contributed by atoms with E-state index in [1.165, 1.54) is 70.6 Å². The lowest BCUT2D eigenvalue weighted by Gasteiger charge is -2.56. The smallest absolute Gasteiger partial charge is 0.0543 e. The van der Waals surface area contributed by atoms with E-state index in [1.807, 2.05) is 0 Å². The quantitative estimate of drug-likeness (QED) is 0.532. The van der Waals surface area contributed by atoms with Crippen molar-refractivity contribution in [3.05, 3.63) is 0 Å². The molecule has 4 aliphatic rings. The van der Waals surface area contributed by atoms with E-state index < -0.39 is 0 Å². The molecule has 4 saturated carbocycles. The van der Waals surface area contributed by atoms with E-state index in [-0.39, 0.29) is 6.10 Å². The van der Waals surface area contributed by atoms with E-state index in [0.717, 1.165) is 54.3 Å². The molecule has 0 aromatic carbocycles. The highest BCUT2D eigenvalue weighted by Crippen LogP contribution is 2.64. The molecule has 0 saturated heterocycles. The molecule has 0 amide bonds. The van der Waals surface area contributed by atoms with E-state index in [0.29, 0.717) is 5.41 Å². The maximum absolute atomic E-state index is 10.1. The molecule has 0 radical (unpaired) electrons. The second kappa shape index (κ2) is 7.76. The van der Waals surface area contributed by atoms with Gasteiger partial charge in [-0.05, 0) is 111 Å². The van der Waals surface area contributed by atoms with Gasteiger partial charge in [-0.25, -0.2) is 0 Å². The minimum atomic E-state index is 0.0170. The van der Waals surface area contributed by atoms with Crippen molar-refractivity contribution < 1.29 is 5.11 Å². The topological polar surface area (TPSA) is 20.2 Å². The van der Waals surface area contributed by atoms with E-state index in [1.54, 1.807) is 0 Å². The van der Waals surface area contributed by atoms with E-state index >= 15 is 0 Å². The van der Waals surface area contributed by atoms with Crippen LogP contribution in [0, 0.1) is 46.8 Å². The molecule has 26 heavy (non-hydrogen) atoms. The van der Waals surface area contributed by atoms with E-state index in [4.69, 9.17) is 0 Å². The summed E-state index contributed by atoms with van der Waals surface area (Å²) >= 11 is 0. The first-order valence-corrected chi connectivity index (χ1v) is 12.2. The first-order chi connectivity index (χ1) is 12.5. The molecular formula is C25H44O.